The Morgan fingerprint density at radius 1 is 0.471 bits per heavy atom. The molecule has 0 amide bonds. The molecule has 8 heteroatoms. The molecular formula is C43H50N4OSSi2. The van der Waals surface area contributed by atoms with Crippen molar-refractivity contribution in [2.45, 2.75) is 116 Å². The van der Waals surface area contributed by atoms with Gasteiger partial charge in [0, 0.05) is 21.5 Å². The third-order valence-electron chi connectivity index (χ3n) is 11.7. The lowest BCUT2D eigenvalue weighted by Crippen LogP contribution is -2.43. The van der Waals surface area contributed by atoms with Crippen molar-refractivity contribution in [2.75, 3.05) is 0 Å². The van der Waals surface area contributed by atoms with Crippen LogP contribution in [-0.4, -0.2) is 34.9 Å². The summed E-state index contributed by atoms with van der Waals surface area (Å²) >= 11 is 1.20. The van der Waals surface area contributed by atoms with Crippen LogP contribution in [0.3, 0.4) is 0 Å². The van der Waals surface area contributed by atoms with Gasteiger partial charge in [0.25, 0.3) is 0 Å². The van der Waals surface area contributed by atoms with Gasteiger partial charge in [-0.15, -0.1) is 11.1 Å². The zero-order valence-corrected chi connectivity index (χ0v) is 35.0. The first-order valence-corrected chi connectivity index (χ1v) is 23.7. The molecule has 0 aliphatic rings. The highest BCUT2D eigenvalue weighted by molar-refractivity contribution is 7.00. The highest BCUT2D eigenvalue weighted by Crippen LogP contribution is 2.43. The van der Waals surface area contributed by atoms with E-state index >= 15 is 0 Å². The Bertz CT molecular complexity index is 2300. The van der Waals surface area contributed by atoms with E-state index in [-0.39, 0.29) is 5.43 Å². The maximum Gasteiger partial charge on any atom is 0.194 e. The van der Waals surface area contributed by atoms with Gasteiger partial charge in [-0.05, 0) is 33.2 Å². The summed E-state index contributed by atoms with van der Waals surface area (Å²) in [6.45, 7) is 28.0. The molecule has 262 valence electrons. The normalized spacial score (nSPS) is 12.7. The van der Waals surface area contributed by atoms with Crippen LogP contribution in [0.2, 0.25) is 33.2 Å². The van der Waals surface area contributed by atoms with Gasteiger partial charge < -0.3 is 0 Å². The highest BCUT2D eigenvalue weighted by atomic mass is 32.1. The minimum absolute atomic E-state index is 0.0304. The SMILES string of the molecule is CC(C)[Si](C#Cc1c2nsnc2c(C#C[Si](C(C)C)(C(C)C)C(C)C)c2nc3c4ccccc4c(=O)c4ccccc4c3nc12)(C(C)C)C(C)C. The standard InChI is InChI=1S/C43H50N4OSSi2/c1-25(2)50(26(3)4,27(5)6)23-21-35-39-40(36(42-41(35)46-49-47-42)22-24-51(28(7)8,29(9)10)30(11)12)45-38-32-18-14-16-20-34(32)43(48)33-19-15-13-17-31(33)37(38)44-39/h13-20,25-30H,1-12H3. The molecule has 2 heterocycles. The molecule has 0 N–H and O–H groups in total. The molecule has 0 aliphatic carbocycles. The quantitative estimate of drug-likeness (QED) is 0.126. The van der Waals surface area contributed by atoms with Crippen LogP contribution in [0.1, 0.15) is 94.2 Å². The van der Waals surface area contributed by atoms with Crippen molar-refractivity contribution in [1.82, 2.24) is 18.7 Å². The maximum atomic E-state index is 14.1. The third kappa shape index (κ3) is 5.80. The summed E-state index contributed by atoms with van der Waals surface area (Å²) in [5.41, 5.74) is 16.3. The fourth-order valence-electron chi connectivity index (χ4n) is 9.27. The van der Waals surface area contributed by atoms with Crippen molar-refractivity contribution in [1.29, 1.82) is 0 Å². The average molecular weight is 727 g/mol. The van der Waals surface area contributed by atoms with Crippen molar-refractivity contribution >= 4 is 82.5 Å². The Kier molecular flexibility index (Phi) is 10.0. The van der Waals surface area contributed by atoms with Crippen molar-refractivity contribution in [3.63, 3.8) is 0 Å². The number of hydrogen-bond acceptors (Lipinski definition) is 6. The van der Waals surface area contributed by atoms with Gasteiger partial charge in [-0.3, -0.25) is 4.79 Å². The van der Waals surface area contributed by atoms with E-state index in [1.807, 2.05) is 48.5 Å². The van der Waals surface area contributed by atoms with E-state index in [4.69, 9.17) is 18.7 Å². The van der Waals surface area contributed by atoms with Gasteiger partial charge in [0.2, 0.25) is 0 Å². The summed E-state index contributed by atoms with van der Waals surface area (Å²) in [5, 5.41) is 2.78. The first kappa shape index (κ1) is 36.8. The zero-order chi connectivity index (χ0) is 37.0. The highest BCUT2D eigenvalue weighted by Gasteiger charge is 2.43. The minimum Gasteiger partial charge on any atom is -0.289 e. The van der Waals surface area contributed by atoms with Crippen molar-refractivity contribution in [3.05, 3.63) is 69.9 Å². The third-order valence-corrected chi connectivity index (χ3v) is 24.8. The Labute approximate surface area is 309 Å². The van der Waals surface area contributed by atoms with Crippen LogP contribution in [0, 0.1) is 22.9 Å². The zero-order valence-electron chi connectivity index (χ0n) is 32.2. The second-order valence-electron chi connectivity index (χ2n) is 16.0. The Hall–Kier alpha value is -3.96. The molecule has 0 atom stereocenters. The van der Waals surface area contributed by atoms with Gasteiger partial charge in [0.1, 0.15) is 38.2 Å². The smallest absolute Gasteiger partial charge is 0.194 e. The molecule has 2 aromatic heterocycles. The fraction of sp³-hybridized carbons (Fsp3) is 0.419. The van der Waals surface area contributed by atoms with Gasteiger partial charge in [-0.2, -0.15) is 8.75 Å². The molecule has 0 spiro atoms. The topological polar surface area (TPSA) is 68.6 Å². The van der Waals surface area contributed by atoms with Crippen molar-refractivity contribution in [2.24, 2.45) is 0 Å². The van der Waals surface area contributed by atoms with E-state index in [0.29, 0.717) is 66.1 Å². The molecule has 0 unspecified atom stereocenters. The Balaban J connectivity index is 1.89. The van der Waals surface area contributed by atoms with Gasteiger partial charge in [0.15, 0.2) is 5.43 Å². The van der Waals surface area contributed by atoms with E-state index < -0.39 is 16.1 Å². The summed E-state index contributed by atoms with van der Waals surface area (Å²) in [6, 6.07) is 15.5. The van der Waals surface area contributed by atoms with Gasteiger partial charge in [-0.25, -0.2) is 9.97 Å². The lowest BCUT2D eigenvalue weighted by molar-refractivity contribution is 0.838. The van der Waals surface area contributed by atoms with E-state index in [2.05, 4.69) is 106 Å². The summed E-state index contributed by atoms with van der Waals surface area (Å²) < 4.78 is 9.80. The van der Waals surface area contributed by atoms with E-state index in [9.17, 15) is 4.79 Å². The monoisotopic (exact) mass is 726 g/mol. The summed E-state index contributed by atoms with van der Waals surface area (Å²) in [5.74, 6) is 7.47. The molecule has 5 nitrogen and oxygen atoms in total. The largest absolute Gasteiger partial charge is 0.289 e. The predicted molar refractivity (Wildman–Crippen MR) is 225 cm³/mol. The lowest BCUT2D eigenvalue weighted by atomic mass is 10.0. The van der Waals surface area contributed by atoms with Crippen LogP contribution in [0.5, 0.6) is 0 Å². The number of rotatable bonds is 6. The van der Waals surface area contributed by atoms with Crippen LogP contribution in [0.15, 0.2) is 53.3 Å². The van der Waals surface area contributed by atoms with Crippen molar-refractivity contribution < 1.29 is 0 Å². The summed E-state index contributed by atoms with van der Waals surface area (Å²) in [7, 11) is -4.26. The predicted octanol–water partition coefficient (Wildman–Crippen LogP) is 11.6. The molecule has 0 saturated heterocycles. The van der Waals surface area contributed by atoms with Crippen LogP contribution in [0.4, 0.5) is 0 Å². The molecule has 0 fully saturated rings. The molecular weight excluding hydrogens is 677 g/mol. The molecule has 51 heavy (non-hydrogen) atoms. The van der Waals surface area contributed by atoms with Crippen LogP contribution in [-0.2, 0) is 0 Å². The minimum atomic E-state index is -2.13. The van der Waals surface area contributed by atoms with Gasteiger partial charge in [-0.1, -0.05) is 143 Å². The molecule has 0 aliphatic heterocycles. The molecule has 6 aromatic rings. The summed E-state index contributed by atoms with van der Waals surface area (Å²) in [6.07, 6.45) is 0. The number of fused-ring (bicyclic) bond motifs is 7. The molecule has 6 rings (SSSR count). The Morgan fingerprint density at radius 3 is 1.10 bits per heavy atom. The van der Waals surface area contributed by atoms with E-state index in [1.54, 1.807) is 0 Å². The van der Waals surface area contributed by atoms with Gasteiger partial charge in [0.05, 0.1) is 33.9 Å². The number of benzene rings is 3. The second kappa shape index (κ2) is 13.9. The number of aromatic nitrogens is 4. The van der Waals surface area contributed by atoms with E-state index in [0.717, 1.165) is 32.9 Å². The van der Waals surface area contributed by atoms with Crippen molar-refractivity contribution in [3.8, 4) is 22.9 Å². The molecule has 0 bridgehead atoms. The fourth-order valence-corrected chi connectivity index (χ4v) is 20.2. The first-order valence-electron chi connectivity index (χ1n) is 18.5. The molecule has 4 aromatic carbocycles. The number of nitrogens with zero attached hydrogens (tertiary/aromatic N) is 4. The Morgan fingerprint density at radius 2 is 0.784 bits per heavy atom. The lowest BCUT2D eigenvalue weighted by Gasteiger charge is -2.38. The molecule has 0 radical (unpaired) electrons. The van der Waals surface area contributed by atoms with E-state index in [1.165, 1.54) is 11.7 Å². The second-order valence-corrected chi connectivity index (χ2v) is 27.7. The first-order chi connectivity index (χ1) is 24.2. The molecule has 0 saturated carbocycles. The summed E-state index contributed by atoms with van der Waals surface area (Å²) in [4.78, 5) is 25.1. The average Bonchev–Trinajstić information content (AvgIpc) is 3.54. The van der Waals surface area contributed by atoms with Crippen LogP contribution >= 0.6 is 11.7 Å². The number of hydrogen-bond donors (Lipinski definition) is 0. The van der Waals surface area contributed by atoms with Gasteiger partial charge >= 0.3 is 0 Å². The van der Waals surface area contributed by atoms with Crippen LogP contribution < -0.4 is 5.43 Å². The van der Waals surface area contributed by atoms with Crippen LogP contribution in [0.25, 0.3) is 54.6 Å². The maximum absolute atomic E-state index is 14.1.